The highest BCUT2D eigenvalue weighted by atomic mass is 16.5. The number of Topliss-reactive ketones (excluding diaryl/α,β-unsaturated/α-hetero) is 1. The lowest BCUT2D eigenvalue weighted by molar-refractivity contribution is -0.141. The number of carbonyl (C=O) groups excluding carboxylic acids is 2. The van der Waals surface area contributed by atoms with Crippen molar-refractivity contribution in [3.8, 4) is 0 Å². The molecule has 6 nitrogen and oxygen atoms in total. The predicted molar refractivity (Wildman–Crippen MR) is 58.3 cm³/mol. The molecule has 0 spiro atoms. The Morgan fingerprint density at radius 3 is 2.94 bits per heavy atom. The third-order valence-corrected chi connectivity index (χ3v) is 2.60. The van der Waals surface area contributed by atoms with Gasteiger partial charge in [-0.3, -0.25) is 9.59 Å². The average molecular weight is 237 g/mol. The van der Waals surface area contributed by atoms with Crippen molar-refractivity contribution < 1.29 is 14.3 Å². The van der Waals surface area contributed by atoms with E-state index in [9.17, 15) is 9.59 Å². The molecular weight excluding hydrogens is 222 g/mol. The topological polar surface area (TPSA) is 74.1 Å². The molecule has 0 radical (unpaired) electrons. The summed E-state index contributed by atoms with van der Waals surface area (Å²) in [6.07, 6.45) is 3.43. The average Bonchev–Trinajstić information content (AvgIpc) is 2.94. The van der Waals surface area contributed by atoms with Gasteiger partial charge in [-0.05, 0) is 25.7 Å². The van der Waals surface area contributed by atoms with Crippen LogP contribution in [0.4, 0.5) is 0 Å². The van der Waals surface area contributed by atoms with Gasteiger partial charge >= 0.3 is 5.97 Å². The van der Waals surface area contributed by atoms with Crippen molar-refractivity contribution in [3.05, 3.63) is 12.2 Å². The first kappa shape index (κ1) is 11.8. The molecule has 0 saturated heterocycles. The second kappa shape index (κ2) is 5.07. The van der Waals surface area contributed by atoms with E-state index in [1.54, 1.807) is 11.6 Å². The molecule has 17 heavy (non-hydrogen) atoms. The third-order valence-electron chi connectivity index (χ3n) is 2.60. The Labute approximate surface area is 99.0 Å². The van der Waals surface area contributed by atoms with Gasteiger partial charge in [0.25, 0.3) is 0 Å². The van der Waals surface area contributed by atoms with E-state index in [1.165, 1.54) is 19.2 Å². The van der Waals surface area contributed by atoms with E-state index < -0.39 is 5.97 Å². The summed E-state index contributed by atoms with van der Waals surface area (Å²) < 4.78 is 6.31. The standard InChI is InChI=1S/C11H15N3O3/c1-2-17-10(16)5-9(15)11-12-7-13-14(11)6-8-3-4-8/h7-8H,2-6H2,1H3. The summed E-state index contributed by atoms with van der Waals surface area (Å²) in [6.45, 7) is 2.70. The molecule has 1 aliphatic carbocycles. The molecular formula is C11H15N3O3. The molecule has 1 aromatic heterocycles. The molecule has 1 saturated carbocycles. The maximum atomic E-state index is 11.8. The van der Waals surface area contributed by atoms with Crippen LogP contribution in [0.1, 0.15) is 36.8 Å². The Kier molecular flexibility index (Phi) is 3.51. The van der Waals surface area contributed by atoms with Crippen LogP contribution in [0.5, 0.6) is 0 Å². The molecule has 0 aliphatic heterocycles. The van der Waals surface area contributed by atoms with Crippen LogP contribution < -0.4 is 0 Å². The quantitative estimate of drug-likeness (QED) is 0.416. The zero-order chi connectivity index (χ0) is 12.3. The van der Waals surface area contributed by atoms with Crippen molar-refractivity contribution in [3.63, 3.8) is 0 Å². The third kappa shape index (κ3) is 3.12. The van der Waals surface area contributed by atoms with Gasteiger partial charge in [-0.15, -0.1) is 0 Å². The van der Waals surface area contributed by atoms with Gasteiger partial charge in [-0.2, -0.15) is 5.10 Å². The number of hydrogen-bond donors (Lipinski definition) is 0. The van der Waals surface area contributed by atoms with Crippen LogP contribution >= 0.6 is 0 Å². The first-order valence-corrected chi connectivity index (χ1v) is 5.77. The van der Waals surface area contributed by atoms with Crippen LogP contribution in [0.25, 0.3) is 0 Å². The van der Waals surface area contributed by atoms with Crippen LogP contribution in [-0.2, 0) is 16.1 Å². The monoisotopic (exact) mass is 237 g/mol. The maximum Gasteiger partial charge on any atom is 0.313 e. The number of ether oxygens (including phenoxy) is 1. The van der Waals surface area contributed by atoms with E-state index >= 15 is 0 Å². The highest BCUT2D eigenvalue weighted by Gasteiger charge is 2.25. The minimum Gasteiger partial charge on any atom is -0.466 e. The van der Waals surface area contributed by atoms with Gasteiger partial charge < -0.3 is 4.74 Å². The minimum atomic E-state index is -0.515. The summed E-state index contributed by atoms with van der Waals surface area (Å²) in [5, 5.41) is 4.00. The van der Waals surface area contributed by atoms with E-state index in [2.05, 4.69) is 10.1 Å². The van der Waals surface area contributed by atoms with Gasteiger partial charge in [0.05, 0.1) is 6.61 Å². The van der Waals surface area contributed by atoms with Crippen LogP contribution in [0.2, 0.25) is 0 Å². The Bertz CT molecular complexity index is 423. The van der Waals surface area contributed by atoms with Gasteiger partial charge in [-0.1, -0.05) is 0 Å². The second-order valence-electron chi connectivity index (χ2n) is 4.11. The van der Waals surface area contributed by atoms with Crippen molar-refractivity contribution in [2.45, 2.75) is 32.7 Å². The normalized spacial score (nSPS) is 14.6. The molecule has 0 N–H and O–H groups in total. The summed E-state index contributed by atoms with van der Waals surface area (Å²) in [4.78, 5) is 26.9. The molecule has 1 heterocycles. The number of esters is 1. The molecule has 0 bridgehead atoms. The molecule has 2 rings (SSSR count). The van der Waals surface area contributed by atoms with Gasteiger partial charge in [0.1, 0.15) is 12.7 Å². The molecule has 1 aliphatic rings. The number of aromatic nitrogens is 3. The first-order chi connectivity index (χ1) is 8.20. The molecule has 0 unspecified atom stereocenters. The Hall–Kier alpha value is -1.72. The molecule has 1 fully saturated rings. The number of rotatable bonds is 6. The fourth-order valence-electron chi connectivity index (χ4n) is 1.58. The van der Waals surface area contributed by atoms with E-state index in [-0.39, 0.29) is 24.6 Å². The highest BCUT2D eigenvalue weighted by molar-refractivity contribution is 6.03. The van der Waals surface area contributed by atoms with Crippen molar-refractivity contribution >= 4 is 11.8 Å². The summed E-state index contributed by atoms with van der Waals surface area (Å²) >= 11 is 0. The molecule has 92 valence electrons. The molecule has 6 heteroatoms. The number of carbonyl (C=O) groups is 2. The highest BCUT2D eigenvalue weighted by Crippen LogP contribution is 2.30. The van der Waals surface area contributed by atoms with Crippen LogP contribution in [-0.4, -0.2) is 33.1 Å². The number of hydrogen-bond acceptors (Lipinski definition) is 5. The lowest BCUT2D eigenvalue weighted by Crippen LogP contribution is -2.17. The maximum absolute atomic E-state index is 11.8. The Morgan fingerprint density at radius 1 is 1.53 bits per heavy atom. The molecule has 0 aromatic carbocycles. The Morgan fingerprint density at radius 2 is 2.29 bits per heavy atom. The summed E-state index contributed by atoms with van der Waals surface area (Å²) in [7, 11) is 0. The van der Waals surface area contributed by atoms with Crippen LogP contribution in [0.15, 0.2) is 6.33 Å². The summed E-state index contributed by atoms with van der Waals surface area (Å²) in [6, 6.07) is 0. The van der Waals surface area contributed by atoms with Gasteiger partial charge in [0.2, 0.25) is 5.78 Å². The van der Waals surface area contributed by atoms with E-state index in [4.69, 9.17) is 4.74 Å². The fourth-order valence-corrected chi connectivity index (χ4v) is 1.58. The van der Waals surface area contributed by atoms with Gasteiger partial charge in [0.15, 0.2) is 5.82 Å². The van der Waals surface area contributed by atoms with E-state index in [0.717, 1.165) is 0 Å². The summed E-state index contributed by atoms with van der Waals surface area (Å²) in [5.74, 6) is 0.0101. The van der Waals surface area contributed by atoms with Gasteiger partial charge in [0, 0.05) is 6.54 Å². The number of ketones is 1. The fraction of sp³-hybridized carbons (Fsp3) is 0.636. The molecule has 0 atom stereocenters. The smallest absolute Gasteiger partial charge is 0.313 e. The zero-order valence-corrected chi connectivity index (χ0v) is 9.76. The van der Waals surface area contributed by atoms with Crippen LogP contribution in [0.3, 0.4) is 0 Å². The van der Waals surface area contributed by atoms with E-state index in [0.29, 0.717) is 12.5 Å². The summed E-state index contributed by atoms with van der Waals surface area (Å²) in [5.41, 5.74) is 0. The number of nitrogens with zero attached hydrogens (tertiary/aromatic N) is 3. The van der Waals surface area contributed by atoms with Crippen molar-refractivity contribution in [2.24, 2.45) is 5.92 Å². The SMILES string of the molecule is CCOC(=O)CC(=O)c1ncnn1CC1CC1. The predicted octanol–water partition coefficient (Wildman–Crippen LogP) is 0.824. The lowest BCUT2D eigenvalue weighted by atomic mass is 10.2. The van der Waals surface area contributed by atoms with Crippen molar-refractivity contribution in [2.75, 3.05) is 6.61 Å². The van der Waals surface area contributed by atoms with E-state index in [1.807, 2.05) is 0 Å². The first-order valence-electron chi connectivity index (χ1n) is 5.77. The van der Waals surface area contributed by atoms with Crippen molar-refractivity contribution in [1.29, 1.82) is 0 Å². The zero-order valence-electron chi connectivity index (χ0n) is 9.76. The van der Waals surface area contributed by atoms with Gasteiger partial charge in [-0.25, -0.2) is 9.67 Å². The Balaban J connectivity index is 1.97. The largest absolute Gasteiger partial charge is 0.466 e. The molecule has 1 aromatic rings. The van der Waals surface area contributed by atoms with Crippen molar-refractivity contribution in [1.82, 2.24) is 14.8 Å². The van der Waals surface area contributed by atoms with Crippen LogP contribution in [0, 0.1) is 5.92 Å². The molecule has 0 amide bonds. The second-order valence-corrected chi connectivity index (χ2v) is 4.11. The minimum absolute atomic E-state index is 0.255. The lowest BCUT2D eigenvalue weighted by Gasteiger charge is -2.04.